The van der Waals surface area contributed by atoms with Gasteiger partial charge in [0, 0.05) is 13.1 Å². The van der Waals surface area contributed by atoms with E-state index in [1.807, 2.05) is 13.8 Å². The van der Waals surface area contributed by atoms with Crippen molar-refractivity contribution in [3.05, 3.63) is 6.33 Å². The van der Waals surface area contributed by atoms with Gasteiger partial charge in [0.15, 0.2) is 11.6 Å². The van der Waals surface area contributed by atoms with Crippen molar-refractivity contribution >= 4 is 17.5 Å². The lowest BCUT2D eigenvalue weighted by Gasteiger charge is -2.23. The number of hydrogen-bond acceptors (Lipinski definition) is 6. The minimum atomic E-state index is -0.0708. The van der Waals surface area contributed by atoms with Gasteiger partial charge in [-0.2, -0.15) is 0 Å². The van der Waals surface area contributed by atoms with Crippen LogP contribution in [0, 0.1) is 0 Å². The van der Waals surface area contributed by atoms with Gasteiger partial charge in [0.1, 0.15) is 6.33 Å². The average Bonchev–Trinajstić information content (AvgIpc) is 2.36. The molecule has 1 rings (SSSR count). The molecule has 0 radical (unpaired) electrons. The first kappa shape index (κ1) is 14.0. The zero-order valence-electron chi connectivity index (χ0n) is 10.9. The molecule has 0 saturated carbocycles. The van der Waals surface area contributed by atoms with Crippen LogP contribution in [-0.2, 0) is 4.79 Å². The molecule has 0 aliphatic carbocycles. The molecule has 0 aromatic carbocycles. The van der Waals surface area contributed by atoms with Gasteiger partial charge in [-0.3, -0.25) is 4.79 Å². The van der Waals surface area contributed by atoms with E-state index in [-0.39, 0.29) is 18.3 Å². The summed E-state index contributed by atoms with van der Waals surface area (Å²) in [7, 11) is 1.50. The molecule has 0 aliphatic rings. The number of nitrogens with zero attached hydrogens (tertiary/aromatic N) is 3. The molecule has 0 saturated heterocycles. The van der Waals surface area contributed by atoms with Gasteiger partial charge in [-0.1, -0.05) is 0 Å². The van der Waals surface area contributed by atoms with Crippen molar-refractivity contribution in [2.45, 2.75) is 13.8 Å². The highest BCUT2D eigenvalue weighted by atomic mass is 16.5. The fourth-order valence-corrected chi connectivity index (χ4v) is 1.56. The minimum Gasteiger partial charge on any atom is -0.490 e. The number of amides is 1. The first-order valence-corrected chi connectivity index (χ1v) is 5.80. The molecule has 1 amide bonds. The number of anilines is 2. The Bertz CT molecular complexity index is 410. The Morgan fingerprint density at radius 2 is 2.22 bits per heavy atom. The number of nitrogens with two attached hydrogens (primary N) is 1. The molecule has 3 N–H and O–H groups in total. The van der Waals surface area contributed by atoms with Gasteiger partial charge in [0.05, 0.1) is 13.7 Å². The highest BCUT2D eigenvalue weighted by Gasteiger charge is 2.17. The highest BCUT2D eigenvalue weighted by molar-refractivity contribution is 5.81. The maximum Gasteiger partial charge on any atom is 0.239 e. The van der Waals surface area contributed by atoms with E-state index in [1.54, 1.807) is 4.90 Å². The largest absolute Gasteiger partial charge is 0.490 e. The molecule has 7 nitrogen and oxygen atoms in total. The Kier molecular flexibility index (Phi) is 5.16. The van der Waals surface area contributed by atoms with Gasteiger partial charge in [-0.05, 0) is 13.8 Å². The second-order valence-electron chi connectivity index (χ2n) is 3.58. The number of hydrogen-bond donors (Lipinski definition) is 2. The number of carbonyl (C=O) groups is 1. The SMILES string of the molecule is CCNC(=O)CN(CC)c1ncnc(N)c1OC. The van der Waals surface area contributed by atoms with Gasteiger partial charge < -0.3 is 20.7 Å². The third-order valence-electron chi connectivity index (χ3n) is 2.41. The Hall–Kier alpha value is -2.05. The molecule has 0 spiro atoms. The molecule has 7 heteroatoms. The number of methoxy groups -OCH3 is 1. The first-order valence-electron chi connectivity index (χ1n) is 5.80. The van der Waals surface area contributed by atoms with Crippen molar-refractivity contribution < 1.29 is 9.53 Å². The van der Waals surface area contributed by atoms with E-state index in [4.69, 9.17) is 10.5 Å². The predicted octanol–water partition coefficient (Wildman–Crippen LogP) is 0.0298. The molecule has 0 fully saturated rings. The Morgan fingerprint density at radius 1 is 1.50 bits per heavy atom. The van der Waals surface area contributed by atoms with Gasteiger partial charge >= 0.3 is 0 Å². The summed E-state index contributed by atoms with van der Waals surface area (Å²) in [6.07, 6.45) is 1.35. The van der Waals surface area contributed by atoms with Crippen molar-refractivity contribution in [1.29, 1.82) is 0 Å². The van der Waals surface area contributed by atoms with Gasteiger partial charge in [0.25, 0.3) is 0 Å². The number of aromatic nitrogens is 2. The quantitative estimate of drug-likeness (QED) is 0.743. The number of nitrogen functional groups attached to an aromatic ring is 1. The standard InChI is InChI=1S/C11H19N5O2/c1-4-13-8(17)6-16(5-2)11-9(18-3)10(12)14-7-15-11/h7H,4-6H2,1-3H3,(H,13,17)(H2,12,14,15). The average molecular weight is 253 g/mol. The van der Waals surface area contributed by atoms with Crippen LogP contribution in [0.5, 0.6) is 5.75 Å². The van der Waals surface area contributed by atoms with Crippen molar-refractivity contribution in [2.75, 3.05) is 37.4 Å². The summed E-state index contributed by atoms with van der Waals surface area (Å²) in [6, 6.07) is 0. The van der Waals surface area contributed by atoms with Crippen molar-refractivity contribution in [1.82, 2.24) is 15.3 Å². The van der Waals surface area contributed by atoms with Crippen LogP contribution in [0.2, 0.25) is 0 Å². The van der Waals surface area contributed by atoms with Crippen LogP contribution in [0.1, 0.15) is 13.8 Å². The first-order chi connectivity index (χ1) is 8.63. The maximum atomic E-state index is 11.6. The topological polar surface area (TPSA) is 93.4 Å². The summed E-state index contributed by atoms with van der Waals surface area (Å²) in [5.41, 5.74) is 5.71. The Morgan fingerprint density at radius 3 is 2.78 bits per heavy atom. The van der Waals surface area contributed by atoms with E-state index >= 15 is 0 Å². The van der Waals surface area contributed by atoms with Crippen LogP contribution < -0.4 is 20.7 Å². The number of ether oxygens (including phenoxy) is 1. The molecule has 18 heavy (non-hydrogen) atoms. The summed E-state index contributed by atoms with van der Waals surface area (Å²) in [4.78, 5) is 21.4. The maximum absolute atomic E-state index is 11.6. The zero-order valence-corrected chi connectivity index (χ0v) is 10.9. The number of nitrogens with one attached hydrogen (secondary N) is 1. The van der Waals surface area contributed by atoms with Crippen LogP contribution in [-0.4, -0.2) is 42.6 Å². The molecule has 100 valence electrons. The molecular weight excluding hydrogens is 234 g/mol. The Labute approximate surface area is 106 Å². The number of likely N-dealkylation sites (N-methyl/N-ethyl adjacent to an activating group) is 2. The van der Waals surface area contributed by atoms with E-state index in [0.29, 0.717) is 24.7 Å². The van der Waals surface area contributed by atoms with Crippen LogP contribution in [0.25, 0.3) is 0 Å². The van der Waals surface area contributed by atoms with E-state index < -0.39 is 0 Å². The second-order valence-corrected chi connectivity index (χ2v) is 3.58. The van der Waals surface area contributed by atoms with Crippen molar-refractivity contribution in [3.8, 4) is 5.75 Å². The fourth-order valence-electron chi connectivity index (χ4n) is 1.56. The third-order valence-corrected chi connectivity index (χ3v) is 2.41. The molecule has 1 aromatic heterocycles. The summed E-state index contributed by atoms with van der Waals surface area (Å²) in [6.45, 7) is 5.22. The third kappa shape index (κ3) is 3.22. The lowest BCUT2D eigenvalue weighted by molar-refractivity contribution is -0.119. The van der Waals surface area contributed by atoms with Gasteiger partial charge in [-0.25, -0.2) is 9.97 Å². The summed E-state index contributed by atoms with van der Waals surface area (Å²) in [5, 5.41) is 2.74. The number of carbonyl (C=O) groups excluding carboxylic acids is 1. The molecule has 0 aliphatic heterocycles. The summed E-state index contributed by atoms with van der Waals surface area (Å²) < 4.78 is 5.18. The lowest BCUT2D eigenvalue weighted by Crippen LogP contribution is -2.37. The molecule has 0 bridgehead atoms. The monoisotopic (exact) mass is 253 g/mol. The fraction of sp³-hybridized carbons (Fsp3) is 0.545. The highest BCUT2D eigenvalue weighted by Crippen LogP contribution is 2.29. The molecular formula is C11H19N5O2. The Balaban J connectivity index is 2.94. The van der Waals surface area contributed by atoms with Crippen molar-refractivity contribution in [2.24, 2.45) is 0 Å². The van der Waals surface area contributed by atoms with Gasteiger partial charge in [-0.15, -0.1) is 0 Å². The summed E-state index contributed by atoms with van der Waals surface area (Å²) >= 11 is 0. The smallest absolute Gasteiger partial charge is 0.239 e. The second kappa shape index (κ2) is 6.63. The minimum absolute atomic E-state index is 0.0708. The van der Waals surface area contributed by atoms with Crippen LogP contribution in [0.3, 0.4) is 0 Å². The van der Waals surface area contributed by atoms with Crippen molar-refractivity contribution in [3.63, 3.8) is 0 Å². The van der Waals surface area contributed by atoms with E-state index in [1.165, 1.54) is 13.4 Å². The van der Waals surface area contributed by atoms with E-state index in [2.05, 4.69) is 15.3 Å². The lowest BCUT2D eigenvalue weighted by atomic mass is 10.4. The number of rotatable bonds is 6. The van der Waals surface area contributed by atoms with Crippen LogP contribution in [0.4, 0.5) is 11.6 Å². The van der Waals surface area contributed by atoms with Crippen LogP contribution in [0.15, 0.2) is 6.33 Å². The predicted molar refractivity (Wildman–Crippen MR) is 69.6 cm³/mol. The molecule has 1 heterocycles. The molecule has 0 unspecified atom stereocenters. The van der Waals surface area contributed by atoms with E-state index in [9.17, 15) is 4.79 Å². The van der Waals surface area contributed by atoms with Crippen LogP contribution >= 0.6 is 0 Å². The van der Waals surface area contributed by atoms with Gasteiger partial charge in [0.2, 0.25) is 11.7 Å². The molecule has 1 aromatic rings. The normalized spacial score (nSPS) is 9.94. The molecule has 0 atom stereocenters. The zero-order chi connectivity index (χ0) is 13.5. The van der Waals surface area contributed by atoms with E-state index in [0.717, 1.165) is 0 Å². The summed E-state index contributed by atoms with van der Waals surface area (Å²) in [5.74, 6) is 1.11.